The second-order valence-corrected chi connectivity index (χ2v) is 8.12. The highest BCUT2D eigenvalue weighted by Crippen LogP contribution is 2.32. The van der Waals surface area contributed by atoms with Gasteiger partial charge in [-0.2, -0.15) is 0 Å². The number of carbonyl (C=O) groups is 1. The zero-order valence-corrected chi connectivity index (χ0v) is 20.8. The highest BCUT2D eigenvalue weighted by atomic mass is 35.5. The van der Waals surface area contributed by atoms with Crippen molar-refractivity contribution in [2.75, 3.05) is 26.6 Å². The molecule has 186 valence electrons. The number of nitrogens with zero attached hydrogens (tertiary/aromatic N) is 2. The van der Waals surface area contributed by atoms with E-state index in [9.17, 15) is 9.90 Å². The van der Waals surface area contributed by atoms with Crippen LogP contribution in [0.25, 0.3) is 11.0 Å². The number of benzene rings is 2. The van der Waals surface area contributed by atoms with Crippen molar-refractivity contribution in [3.8, 4) is 17.2 Å². The van der Waals surface area contributed by atoms with Gasteiger partial charge >= 0.3 is 0 Å². The summed E-state index contributed by atoms with van der Waals surface area (Å²) in [5.41, 5.74) is 2.33. The second-order valence-electron chi connectivity index (χ2n) is 7.68. The summed E-state index contributed by atoms with van der Waals surface area (Å²) in [5, 5.41) is 13.6. The fourth-order valence-electron chi connectivity index (χ4n) is 3.62. The lowest BCUT2D eigenvalue weighted by molar-refractivity contribution is 0.102. The molecule has 0 atom stereocenters. The fourth-order valence-corrected chi connectivity index (χ4v) is 3.79. The Balaban J connectivity index is 1.97. The van der Waals surface area contributed by atoms with Gasteiger partial charge < -0.3 is 29.1 Å². The first-order valence-corrected chi connectivity index (χ1v) is 11.2. The van der Waals surface area contributed by atoms with Crippen LogP contribution in [0.5, 0.6) is 17.2 Å². The smallest absolute Gasteiger partial charge is 0.261 e. The third-order valence-corrected chi connectivity index (χ3v) is 5.72. The summed E-state index contributed by atoms with van der Waals surface area (Å²) in [7, 11) is 4.54. The van der Waals surface area contributed by atoms with Crippen LogP contribution >= 0.6 is 11.6 Å². The summed E-state index contributed by atoms with van der Waals surface area (Å²) >= 11 is 6.13. The first-order valence-electron chi connectivity index (χ1n) is 10.8. The zero-order valence-electron chi connectivity index (χ0n) is 20.1. The van der Waals surface area contributed by atoms with Crippen LogP contribution in [0.3, 0.4) is 0 Å². The quantitative estimate of drug-likeness (QED) is 0.368. The number of halogens is 1. The van der Waals surface area contributed by atoms with Gasteiger partial charge in [-0.15, -0.1) is 0 Å². The van der Waals surface area contributed by atoms with Crippen LogP contribution in [-0.2, 0) is 6.61 Å². The number of anilines is 1. The summed E-state index contributed by atoms with van der Waals surface area (Å²) in [6, 6.07) is 11.6. The normalized spacial score (nSPS) is 11.4. The molecule has 0 saturated heterocycles. The summed E-state index contributed by atoms with van der Waals surface area (Å²) in [5.74, 6) is 0.896. The van der Waals surface area contributed by atoms with Crippen LogP contribution in [-0.4, -0.2) is 37.3 Å². The minimum absolute atomic E-state index is 0.00698. The number of amides is 1. The molecule has 10 heteroatoms. The maximum Gasteiger partial charge on any atom is 0.261 e. The van der Waals surface area contributed by atoms with Crippen molar-refractivity contribution in [3.05, 3.63) is 76.1 Å². The van der Waals surface area contributed by atoms with Crippen LogP contribution in [0.4, 0.5) is 11.4 Å². The van der Waals surface area contributed by atoms with Crippen LogP contribution in [0, 0.1) is 6.92 Å². The van der Waals surface area contributed by atoms with E-state index in [1.807, 2.05) is 0 Å². The van der Waals surface area contributed by atoms with E-state index in [0.717, 1.165) is 0 Å². The molecule has 0 aliphatic rings. The highest BCUT2D eigenvalue weighted by Gasteiger charge is 2.18. The van der Waals surface area contributed by atoms with E-state index in [4.69, 9.17) is 30.2 Å². The fraction of sp³-hybridized carbons (Fsp3) is 0.192. The first-order chi connectivity index (χ1) is 17.4. The van der Waals surface area contributed by atoms with Crippen molar-refractivity contribution in [2.24, 2.45) is 4.99 Å². The number of carbonyl (C=O) groups excluding carboxylic acids is 1. The van der Waals surface area contributed by atoms with Crippen molar-refractivity contribution in [1.82, 2.24) is 4.98 Å². The minimum atomic E-state index is -0.528. The molecule has 2 aromatic carbocycles. The van der Waals surface area contributed by atoms with E-state index in [-0.39, 0.29) is 17.7 Å². The highest BCUT2D eigenvalue weighted by molar-refractivity contribution is 6.31. The predicted molar refractivity (Wildman–Crippen MR) is 135 cm³/mol. The summed E-state index contributed by atoms with van der Waals surface area (Å²) in [6.45, 7) is 1.47. The Morgan fingerprint density at radius 3 is 2.53 bits per heavy atom. The van der Waals surface area contributed by atoms with Gasteiger partial charge in [0.1, 0.15) is 28.5 Å². The number of hydrogen-bond donors (Lipinski definition) is 2. The summed E-state index contributed by atoms with van der Waals surface area (Å²) in [4.78, 5) is 22.4. The standard InChI is InChI=1S/C26H24ClN3O6/c1-14-24-18(15(13-31)12-28-14)11-19(25(32)29-20-9-16(27)5-7-22(20)34-3)26(36-24)30-21-10-17(33-2)6-8-23(21)35-4/h5-12,31H,13H2,1-4H3,(H,29,32). The van der Waals surface area contributed by atoms with E-state index in [1.54, 1.807) is 49.4 Å². The number of fused-ring (bicyclic) bond motifs is 1. The topological polar surface area (TPSA) is 115 Å². The average molecular weight is 510 g/mol. The van der Waals surface area contributed by atoms with Gasteiger partial charge in [-0.1, -0.05) is 11.6 Å². The molecule has 0 aliphatic carbocycles. The SMILES string of the molecule is COc1ccc(OC)c(N=c2oc3c(C)ncc(CO)c3cc2C(=O)Nc2cc(Cl)ccc2OC)c1. The van der Waals surface area contributed by atoms with Crippen molar-refractivity contribution >= 4 is 39.9 Å². The second kappa shape index (κ2) is 10.7. The van der Waals surface area contributed by atoms with Crippen molar-refractivity contribution < 1.29 is 28.5 Å². The van der Waals surface area contributed by atoms with Crippen LogP contribution in [0.1, 0.15) is 21.6 Å². The third kappa shape index (κ3) is 4.98. The maximum absolute atomic E-state index is 13.5. The van der Waals surface area contributed by atoms with Gasteiger partial charge in [0.2, 0.25) is 5.55 Å². The lowest BCUT2D eigenvalue weighted by atomic mass is 10.1. The Hall–Kier alpha value is -4.08. The minimum Gasteiger partial charge on any atom is -0.497 e. The summed E-state index contributed by atoms with van der Waals surface area (Å²) < 4.78 is 22.2. The molecule has 0 fully saturated rings. The van der Waals surface area contributed by atoms with Crippen LogP contribution in [0.2, 0.25) is 5.02 Å². The molecule has 2 heterocycles. The van der Waals surface area contributed by atoms with Gasteiger partial charge in [-0.05, 0) is 43.3 Å². The number of pyridine rings is 1. The number of aliphatic hydroxyl groups excluding tert-OH is 1. The lowest BCUT2D eigenvalue weighted by Gasteiger charge is -2.12. The van der Waals surface area contributed by atoms with E-state index in [1.165, 1.54) is 27.5 Å². The number of aryl methyl sites for hydroxylation is 1. The van der Waals surface area contributed by atoms with Crippen LogP contribution in [0.15, 0.2) is 58.1 Å². The number of ether oxygens (including phenoxy) is 3. The van der Waals surface area contributed by atoms with Gasteiger partial charge in [0.15, 0.2) is 5.58 Å². The van der Waals surface area contributed by atoms with Gasteiger partial charge in [-0.25, -0.2) is 4.99 Å². The van der Waals surface area contributed by atoms with Gasteiger partial charge in [-0.3, -0.25) is 9.78 Å². The molecule has 4 rings (SSSR count). The molecule has 9 nitrogen and oxygen atoms in total. The molecular weight excluding hydrogens is 486 g/mol. The van der Waals surface area contributed by atoms with E-state index in [2.05, 4.69) is 15.3 Å². The number of methoxy groups -OCH3 is 3. The van der Waals surface area contributed by atoms with E-state index >= 15 is 0 Å². The van der Waals surface area contributed by atoms with Crippen LogP contribution < -0.4 is 25.1 Å². The molecule has 4 aromatic rings. The number of nitrogens with one attached hydrogen (secondary N) is 1. The number of aromatic nitrogens is 1. The molecule has 0 bridgehead atoms. The molecule has 0 saturated carbocycles. The molecule has 0 aliphatic heterocycles. The first kappa shape index (κ1) is 25.0. The van der Waals surface area contributed by atoms with Gasteiger partial charge in [0.05, 0.1) is 39.3 Å². The monoisotopic (exact) mass is 509 g/mol. The Morgan fingerprint density at radius 2 is 1.83 bits per heavy atom. The molecular formula is C26H24ClN3O6. The van der Waals surface area contributed by atoms with Crippen molar-refractivity contribution in [3.63, 3.8) is 0 Å². The molecule has 36 heavy (non-hydrogen) atoms. The Morgan fingerprint density at radius 1 is 1.08 bits per heavy atom. The predicted octanol–water partition coefficient (Wildman–Crippen LogP) is 4.79. The van der Waals surface area contributed by atoms with E-state index in [0.29, 0.717) is 55.9 Å². The zero-order chi connectivity index (χ0) is 25.8. The molecule has 2 N–H and O–H groups in total. The molecule has 0 spiro atoms. The molecule has 2 aromatic heterocycles. The summed E-state index contributed by atoms with van der Waals surface area (Å²) in [6.07, 6.45) is 1.54. The number of hydrogen-bond acceptors (Lipinski definition) is 8. The van der Waals surface area contributed by atoms with Crippen molar-refractivity contribution in [1.29, 1.82) is 0 Å². The van der Waals surface area contributed by atoms with E-state index < -0.39 is 5.91 Å². The Kier molecular flexibility index (Phi) is 7.42. The number of rotatable bonds is 7. The Labute approximate surface area is 211 Å². The number of aliphatic hydroxyl groups is 1. The van der Waals surface area contributed by atoms with Gasteiger partial charge in [0.25, 0.3) is 5.91 Å². The largest absolute Gasteiger partial charge is 0.497 e. The lowest BCUT2D eigenvalue weighted by Crippen LogP contribution is -2.22. The maximum atomic E-state index is 13.5. The third-order valence-electron chi connectivity index (χ3n) is 5.48. The van der Waals surface area contributed by atoms with Gasteiger partial charge in [0, 0.05) is 28.2 Å². The average Bonchev–Trinajstić information content (AvgIpc) is 2.89. The Bertz CT molecular complexity index is 1520. The van der Waals surface area contributed by atoms with Crippen molar-refractivity contribution in [2.45, 2.75) is 13.5 Å². The molecule has 0 unspecified atom stereocenters. The molecule has 0 radical (unpaired) electrons. The molecule has 1 amide bonds.